The first-order valence-corrected chi connectivity index (χ1v) is 6.76. The van der Waals surface area contributed by atoms with Gasteiger partial charge >= 0.3 is 0 Å². The Hall–Kier alpha value is -1.71. The molecule has 2 N–H and O–H groups in total. The zero-order valence-electron chi connectivity index (χ0n) is 12.6. The predicted octanol–water partition coefficient (Wildman–Crippen LogP) is 2.60. The lowest BCUT2D eigenvalue weighted by molar-refractivity contribution is 0.0827. The van der Waals surface area contributed by atoms with E-state index in [1.165, 1.54) is 0 Å². The number of hydrogen-bond donors (Lipinski definition) is 1. The summed E-state index contributed by atoms with van der Waals surface area (Å²) in [6, 6.07) is 5.85. The normalized spacial score (nSPS) is 10.6. The number of nitrogen functional groups attached to an aromatic ring is 1. The van der Waals surface area contributed by atoms with Crippen LogP contribution in [0.1, 0.15) is 37.6 Å². The SMILES string of the molecule is CCCN(c1cc(C(=O)N(C)C)ccc1N)C(C)C. The molecule has 0 heterocycles. The van der Waals surface area contributed by atoms with Gasteiger partial charge in [-0.25, -0.2) is 0 Å². The van der Waals surface area contributed by atoms with E-state index < -0.39 is 0 Å². The molecule has 0 aliphatic heterocycles. The molecule has 0 aromatic heterocycles. The Labute approximate surface area is 116 Å². The summed E-state index contributed by atoms with van der Waals surface area (Å²) in [5.41, 5.74) is 8.41. The van der Waals surface area contributed by atoms with E-state index in [1.807, 2.05) is 12.1 Å². The molecule has 0 spiro atoms. The van der Waals surface area contributed by atoms with Crippen LogP contribution in [0, 0.1) is 0 Å². The molecule has 1 aromatic rings. The molecule has 0 unspecified atom stereocenters. The number of amides is 1. The molecule has 1 aromatic carbocycles. The Bertz CT molecular complexity index is 441. The highest BCUT2D eigenvalue weighted by Crippen LogP contribution is 2.27. The molecular formula is C15H25N3O. The maximum absolute atomic E-state index is 12.0. The van der Waals surface area contributed by atoms with Crippen molar-refractivity contribution < 1.29 is 4.79 Å². The van der Waals surface area contributed by atoms with E-state index in [-0.39, 0.29) is 5.91 Å². The van der Waals surface area contributed by atoms with Gasteiger partial charge in [-0.15, -0.1) is 0 Å². The molecule has 0 aliphatic rings. The third-order valence-electron chi connectivity index (χ3n) is 3.08. The molecule has 0 radical (unpaired) electrons. The molecular weight excluding hydrogens is 238 g/mol. The van der Waals surface area contributed by atoms with E-state index >= 15 is 0 Å². The van der Waals surface area contributed by atoms with Crippen molar-refractivity contribution in [2.24, 2.45) is 0 Å². The minimum atomic E-state index is 0.00135. The number of benzene rings is 1. The fraction of sp³-hybridized carbons (Fsp3) is 0.533. The summed E-state index contributed by atoms with van der Waals surface area (Å²) >= 11 is 0. The van der Waals surface area contributed by atoms with E-state index in [2.05, 4.69) is 25.7 Å². The summed E-state index contributed by atoms with van der Waals surface area (Å²) in [4.78, 5) is 15.8. The van der Waals surface area contributed by atoms with Crippen molar-refractivity contribution in [1.29, 1.82) is 0 Å². The Morgan fingerprint density at radius 2 is 1.95 bits per heavy atom. The van der Waals surface area contributed by atoms with Crippen LogP contribution in [0.25, 0.3) is 0 Å². The number of anilines is 2. The van der Waals surface area contributed by atoms with Gasteiger partial charge in [-0.2, -0.15) is 0 Å². The maximum Gasteiger partial charge on any atom is 0.253 e. The van der Waals surface area contributed by atoms with E-state index in [0.717, 1.165) is 24.3 Å². The number of carbonyl (C=O) groups excluding carboxylic acids is 1. The Morgan fingerprint density at radius 3 is 2.42 bits per heavy atom. The van der Waals surface area contributed by atoms with Crippen LogP contribution in [-0.4, -0.2) is 37.5 Å². The number of nitrogens with zero attached hydrogens (tertiary/aromatic N) is 2. The molecule has 106 valence electrons. The number of carbonyl (C=O) groups is 1. The second-order valence-corrected chi connectivity index (χ2v) is 5.26. The Morgan fingerprint density at radius 1 is 1.32 bits per heavy atom. The molecule has 4 nitrogen and oxygen atoms in total. The van der Waals surface area contributed by atoms with Crippen LogP contribution in [-0.2, 0) is 0 Å². The van der Waals surface area contributed by atoms with Crippen LogP contribution in [0.4, 0.5) is 11.4 Å². The largest absolute Gasteiger partial charge is 0.397 e. The molecule has 4 heteroatoms. The van der Waals surface area contributed by atoms with Crippen molar-refractivity contribution in [2.75, 3.05) is 31.3 Å². The first-order valence-electron chi connectivity index (χ1n) is 6.76. The van der Waals surface area contributed by atoms with Crippen LogP contribution < -0.4 is 10.6 Å². The summed E-state index contributed by atoms with van der Waals surface area (Å²) in [5, 5.41) is 0. The van der Waals surface area contributed by atoms with Crippen molar-refractivity contribution in [1.82, 2.24) is 4.90 Å². The Balaban J connectivity index is 3.18. The predicted molar refractivity (Wildman–Crippen MR) is 81.6 cm³/mol. The van der Waals surface area contributed by atoms with Gasteiger partial charge in [-0.05, 0) is 38.5 Å². The Kier molecular flexibility index (Phi) is 5.21. The van der Waals surface area contributed by atoms with E-state index in [1.54, 1.807) is 25.1 Å². The van der Waals surface area contributed by atoms with Gasteiger partial charge < -0.3 is 15.5 Å². The molecule has 0 fully saturated rings. The number of hydrogen-bond acceptors (Lipinski definition) is 3. The van der Waals surface area contributed by atoms with Crippen LogP contribution in [0.3, 0.4) is 0 Å². The standard InChI is InChI=1S/C15H25N3O/c1-6-9-18(11(2)3)14-10-12(7-8-13(14)16)15(19)17(4)5/h7-8,10-11H,6,9,16H2,1-5H3. The minimum absolute atomic E-state index is 0.00135. The van der Waals surface area contributed by atoms with Gasteiger partial charge in [0.05, 0.1) is 11.4 Å². The average Bonchev–Trinajstić information content (AvgIpc) is 2.35. The van der Waals surface area contributed by atoms with Crippen LogP contribution >= 0.6 is 0 Å². The monoisotopic (exact) mass is 263 g/mol. The highest BCUT2D eigenvalue weighted by Gasteiger charge is 2.16. The first-order chi connectivity index (χ1) is 8.88. The summed E-state index contributed by atoms with van der Waals surface area (Å²) < 4.78 is 0. The summed E-state index contributed by atoms with van der Waals surface area (Å²) in [6.07, 6.45) is 1.05. The van der Waals surface area contributed by atoms with Crippen molar-refractivity contribution >= 4 is 17.3 Å². The van der Waals surface area contributed by atoms with Gasteiger partial charge in [0.25, 0.3) is 5.91 Å². The summed E-state index contributed by atoms with van der Waals surface area (Å²) in [6.45, 7) is 7.34. The topological polar surface area (TPSA) is 49.6 Å². The fourth-order valence-electron chi connectivity index (χ4n) is 2.08. The second-order valence-electron chi connectivity index (χ2n) is 5.26. The van der Waals surface area contributed by atoms with Gasteiger partial charge in [0.2, 0.25) is 0 Å². The van der Waals surface area contributed by atoms with Crippen molar-refractivity contribution in [3.63, 3.8) is 0 Å². The molecule has 1 amide bonds. The third kappa shape index (κ3) is 3.63. The molecule has 0 atom stereocenters. The highest BCUT2D eigenvalue weighted by atomic mass is 16.2. The third-order valence-corrected chi connectivity index (χ3v) is 3.08. The zero-order chi connectivity index (χ0) is 14.6. The van der Waals surface area contributed by atoms with Gasteiger partial charge in [-0.1, -0.05) is 6.92 Å². The first kappa shape index (κ1) is 15.3. The minimum Gasteiger partial charge on any atom is -0.397 e. The van der Waals surface area contributed by atoms with Crippen LogP contribution in [0.15, 0.2) is 18.2 Å². The van der Waals surface area contributed by atoms with Crippen molar-refractivity contribution in [3.05, 3.63) is 23.8 Å². The molecule has 1 rings (SSSR count). The van der Waals surface area contributed by atoms with Crippen molar-refractivity contribution in [2.45, 2.75) is 33.2 Å². The quantitative estimate of drug-likeness (QED) is 0.831. The smallest absolute Gasteiger partial charge is 0.253 e. The maximum atomic E-state index is 12.0. The lowest BCUT2D eigenvalue weighted by Crippen LogP contribution is -2.32. The molecule has 0 saturated heterocycles. The van der Waals surface area contributed by atoms with E-state index in [0.29, 0.717) is 11.6 Å². The summed E-state index contributed by atoms with van der Waals surface area (Å²) in [5.74, 6) is 0.00135. The lowest BCUT2D eigenvalue weighted by Gasteiger charge is -2.30. The van der Waals surface area contributed by atoms with E-state index in [4.69, 9.17) is 5.73 Å². The highest BCUT2D eigenvalue weighted by molar-refractivity contribution is 5.96. The molecule has 0 bridgehead atoms. The van der Waals surface area contributed by atoms with Gasteiger partial charge in [0.15, 0.2) is 0 Å². The van der Waals surface area contributed by atoms with E-state index in [9.17, 15) is 4.79 Å². The fourth-order valence-corrected chi connectivity index (χ4v) is 2.08. The summed E-state index contributed by atoms with van der Waals surface area (Å²) in [7, 11) is 3.51. The second kappa shape index (κ2) is 6.45. The molecule has 0 saturated carbocycles. The zero-order valence-corrected chi connectivity index (χ0v) is 12.6. The van der Waals surface area contributed by atoms with Crippen molar-refractivity contribution in [3.8, 4) is 0 Å². The van der Waals surface area contributed by atoms with Gasteiger partial charge in [0.1, 0.15) is 0 Å². The average molecular weight is 263 g/mol. The molecule has 0 aliphatic carbocycles. The number of rotatable bonds is 5. The van der Waals surface area contributed by atoms with Crippen LogP contribution in [0.2, 0.25) is 0 Å². The van der Waals surface area contributed by atoms with Gasteiger partial charge in [-0.3, -0.25) is 4.79 Å². The van der Waals surface area contributed by atoms with Crippen LogP contribution in [0.5, 0.6) is 0 Å². The van der Waals surface area contributed by atoms with Gasteiger partial charge in [0, 0.05) is 32.2 Å². The molecule has 19 heavy (non-hydrogen) atoms. The lowest BCUT2D eigenvalue weighted by atomic mass is 10.1. The number of nitrogens with two attached hydrogens (primary N) is 1.